The number of aromatic nitrogens is 3. The Kier molecular flexibility index (Phi) is 6.84. The van der Waals surface area contributed by atoms with Gasteiger partial charge in [-0.3, -0.25) is 4.79 Å². The van der Waals surface area contributed by atoms with E-state index in [0.717, 1.165) is 11.1 Å². The van der Waals surface area contributed by atoms with Crippen LogP contribution >= 0.6 is 23.4 Å². The second-order valence-corrected chi connectivity index (χ2v) is 10.1. The van der Waals surface area contributed by atoms with Crippen molar-refractivity contribution in [3.8, 4) is 0 Å². The van der Waals surface area contributed by atoms with Crippen molar-refractivity contribution in [1.29, 1.82) is 0 Å². The van der Waals surface area contributed by atoms with Gasteiger partial charge in [-0.05, 0) is 43.7 Å². The van der Waals surface area contributed by atoms with Gasteiger partial charge in [0.2, 0.25) is 5.91 Å². The molecule has 0 fully saturated rings. The minimum atomic E-state index is -3.54. The Hall–Kier alpha value is -2.36. The average molecular weight is 465 g/mol. The fourth-order valence-corrected chi connectivity index (χ4v) is 4.87. The lowest BCUT2D eigenvalue weighted by molar-refractivity contribution is -0.113. The largest absolute Gasteiger partial charge is 0.325 e. The maximum absolute atomic E-state index is 12.6. The van der Waals surface area contributed by atoms with Gasteiger partial charge in [0.1, 0.15) is 11.6 Å². The lowest BCUT2D eigenvalue weighted by Crippen LogP contribution is -2.15. The van der Waals surface area contributed by atoms with Crippen molar-refractivity contribution in [3.63, 3.8) is 0 Å². The number of carbonyl (C=O) groups excluding carboxylic acids is 1. The molecule has 0 aliphatic heterocycles. The number of aryl methyl sites for hydroxylation is 1. The monoisotopic (exact) mass is 464 g/mol. The van der Waals surface area contributed by atoms with Crippen LogP contribution in [-0.2, 0) is 27.4 Å². The summed E-state index contributed by atoms with van der Waals surface area (Å²) in [5.74, 6) is -0.0808. The number of thioether (sulfide) groups is 1. The fourth-order valence-electron chi connectivity index (χ4n) is 2.65. The summed E-state index contributed by atoms with van der Waals surface area (Å²) in [6.07, 6.45) is 0. The third kappa shape index (κ3) is 5.21. The first-order valence-corrected chi connectivity index (χ1v) is 12.0. The quantitative estimate of drug-likeness (QED) is 0.534. The van der Waals surface area contributed by atoms with Crippen LogP contribution in [0.1, 0.15) is 17.0 Å². The van der Waals surface area contributed by atoms with Crippen LogP contribution in [0.15, 0.2) is 52.5 Å². The van der Waals surface area contributed by atoms with Crippen LogP contribution in [0.4, 0.5) is 5.69 Å². The lowest BCUT2D eigenvalue weighted by Gasteiger charge is -2.09. The van der Waals surface area contributed by atoms with Gasteiger partial charge in [0, 0.05) is 17.8 Å². The molecule has 1 N–H and O–H groups in total. The van der Waals surface area contributed by atoms with Gasteiger partial charge in [-0.2, -0.15) is 0 Å². The van der Waals surface area contributed by atoms with Crippen LogP contribution in [0.5, 0.6) is 0 Å². The first kappa shape index (κ1) is 22.3. The molecular formula is C20H21ClN4O3S2. The van der Waals surface area contributed by atoms with Crippen molar-refractivity contribution in [3.05, 3.63) is 64.4 Å². The summed E-state index contributed by atoms with van der Waals surface area (Å²) in [5.41, 5.74) is 2.42. The molecule has 0 bridgehead atoms. The Morgan fingerprint density at radius 3 is 2.53 bits per heavy atom. The van der Waals surface area contributed by atoms with E-state index in [1.165, 1.54) is 11.8 Å². The first-order valence-electron chi connectivity index (χ1n) is 9.03. The second-order valence-electron chi connectivity index (χ2n) is 6.78. The number of halogens is 1. The topological polar surface area (TPSA) is 94.0 Å². The van der Waals surface area contributed by atoms with Gasteiger partial charge < -0.3 is 9.88 Å². The number of nitrogens with zero attached hydrogens (tertiary/aromatic N) is 3. The van der Waals surface area contributed by atoms with E-state index in [1.807, 2.05) is 13.8 Å². The average Bonchev–Trinajstić information content (AvgIpc) is 3.03. The molecule has 3 rings (SSSR count). The summed E-state index contributed by atoms with van der Waals surface area (Å²) in [6.45, 7) is 3.72. The zero-order valence-electron chi connectivity index (χ0n) is 16.7. The summed E-state index contributed by atoms with van der Waals surface area (Å²) < 4.78 is 26.9. The molecular weight excluding hydrogens is 444 g/mol. The third-order valence-corrected chi connectivity index (χ3v) is 7.56. The van der Waals surface area contributed by atoms with E-state index < -0.39 is 9.84 Å². The van der Waals surface area contributed by atoms with E-state index in [9.17, 15) is 13.2 Å². The van der Waals surface area contributed by atoms with E-state index in [-0.39, 0.29) is 22.3 Å². The Morgan fingerprint density at radius 1 is 1.13 bits per heavy atom. The minimum absolute atomic E-state index is 0.0998. The minimum Gasteiger partial charge on any atom is -0.325 e. The van der Waals surface area contributed by atoms with Gasteiger partial charge in [-0.15, -0.1) is 10.2 Å². The molecule has 0 aliphatic rings. The van der Waals surface area contributed by atoms with Gasteiger partial charge in [0.05, 0.1) is 10.6 Å². The van der Waals surface area contributed by atoms with Crippen molar-refractivity contribution in [2.75, 3.05) is 11.1 Å². The zero-order chi connectivity index (χ0) is 21.9. The number of sulfone groups is 1. The highest BCUT2D eigenvalue weighted by molar-refractivity contribution is 7.99. The summed E-state index contributed by atoms with van der Waals surface area (Å²) >= 11 is 7.25. The Labute approximate surface area is 184 Å². The first-order chi connectivity index (χ1) is 14.2. The molecule has 0 atom stereocenters. The molecule has 3 aromatic rings. The highest BCUT2D eigenvalue weighted by atomic mass is 35.5. The summed E-state index contributed by atoms with van der Waals surface area (Å²) in [5, 5.41) is 11.9. The predicted molar refractivity (Wildman–Crippen MR) is 119 cm³/mol. The number of benzene rings is 2. The van der Waals surface area contributed by atoms with Gasteiger partial charge >= 0.3 is 0 Å². The molecule has 7 nitrogen and oxygen atoms in total. The molecule has 0 saturated heterocycles. The number of nitrogens with one attached hydrogen (secondary N) is 1. The van der Waals surface area contributed by atoms with E-state index in [0.29, 0.717) is 21.7 Å². The molecule has 0 unspecified atom stereocenters. The molecule has 30 heavy (non-hydrogen) atoms. The Morgan fingerprint density at radius 2 is 1.83 bits per heavy atom. The molecule has 1 amide bonds. The summed E-state index contributed by atoms with van der Waals surface area (Å²) in [7, 11) is -1.86. The Balaban J connectivity index is 1.64. The van der Waals surface area contributed by atoms with E-state index in [4.69, 9.17) is 11.6 Å². The van der Waals surface area contributed by atoms with Crippen LogP contribution in [0, 0.1) is 13.8 Å². The predicted octanol–water partition coefficient (Wildman–Crippen LogP) is 3.79. The molecule has 0 aliphatic carbocycles. The molecule has 1 heterocycles. The van der Waals surface area contributed by atoms with Gasteiger partial charge in [0.15, 0.2) is 15.0 Å². The van der Waals surface area contributed by atoms with Crippen molar-refractivity contribution >= 4 is 44.8 Å². The molecule has 158 valence electrons. The number of rotatable bonds is 7. The summed E-state index contributed by atoms with van der Waals surface area (Å²) in [4.78, 5) is 12.5. The van der Waals surface area contributed by atoms with Gasteiger partial charge in [0.25, 0.3) is 0 Å². The molecule has 10 heteroatoms. The third-order valence-electron chi connectivity index (χ3n) is 4.50. The standard InChI is InChI=1S/C20H21ClN4O3S2/c1-13-7-9-15(10-8-13)30(27,28)12-18-23-24-20(25(18)3)29-11-19(26)22-17-6-4-5-16(21)14(17)2/h4-10H,11-12H2,1-3H3,(H,22,26). The summed E-state index contributed by atoms with van der Waals surface area (Å²) in [6, 6.07) is 12.0. The normalized spacial score (nSPS) is 11.5. The smallest absolute Gasteiger partial charge is 0.234 e. The van der Waals surface area contributed by atoms with Crippen LogP contribution in [-0.4, -0.2) is 34.8 Å². The Bertz CT molecular complexity index is 1180. The van der Waals surface area contributed by atoms with Crippen LogP contribution in [0.2, 0.25) is 5.02 Å². The molecule has 0 saturated carbocycles. The highest BCUT2D eigenvalue weighted by Crippen LogP contribution is 2.24. The van der Waals surface area contributed by atoms with E-state index in [1.54, 1.807) is 54.1 Å². The maximum atomic E-state index is 12.6. The molecule has 2 aromatic carbocycles. The van der Waals surface area contributed by atoms with Crippen molar-refractivity contribution < 1.29 is 13.2 Å². The number of amides is 1. The second kappa shape index (κ2) is 9.20. The molecule has 0 spiro atoms. The molecule has 0 radical (unpaired) electrons. The van der Waals surface area contributed by atoms with Crippen LogP contribution < -0.4 is 5.32 Å². The van der Waals surface area contributed by atoms with E-state index in [2.05, 4.69) is 15.5 Å². The van der Waals surface area contributed by atoms with Crippen LogP contribution in [0.3, 0.4) is 0 Å². The number of hydrogen-bond donors (Lipinski definition) is 1. The van der Waals surface area contributed by atoms with Crippen molar-refractivity contribution in [2.24, 2.45) is 7.05 Å². The van der Waals surface area contributed by atoms with Crippen molar-refractivity contribution in [2.45, 2.75) is 29.7 Å². The van der Waals surface area contributed by atoms with E-state index >= 15 is 0 Å². The maximum Gasteiger partial charge on any atom is 0.234 e. The highest BCUT2D eigenvalue weighted by Gasteiger charge is 2.20. The van der Waals surface area contributed by atoms with Crippen molar-refractivity contribution in [1.82, 2.24) is 14.8 Å². The SMILES string of the molecule is Cc1ccc(S(=O)(=O)Cc2nnc(SCC(=O)Nc3cccc(Cl)c3C)n2C)cc1. The fraction of sp³-hybridized carbons (Fsp3) is 0.250. The molecule has 1 aromatic heterocycles. The number of hydrogen-bond acceptors (Lipinski definition) is 6. The number of anilines is 1. The zero-order valence-corrected chi connectivity index (χ0v) is 19.1. The lowest BCUT2D eigenvalue weighted by atomic mass is 10.2. The van der Waals surface area contributed by atoms with Gasteiger partial charge in [-0.25, -0.2) is 8.42 Å². The van der Waals surface area contributed by atoms with Gasteiger partial charge in [-0.1, -0.05) is 47.1 Å². The van der Waals surface area contributed by atoms with Crippen LogP contribution in [0.25, 0.3) is 0 Å². The number of carbonyl (C=O) groups is 1.